The zero-order chi connectivity index (χ0) is 12.8. The van der Waals surface area contributed by atoms with Gasteiger partial charge in [0.05, 0.1) is 0 Å². The zero-order valence-corrected chi connectivity index (χ0v) is 12.8. The van der Waals surface area contributed by atoms with Crippen LogP contribution in [-0.2, 0) is 0 Å². The maximum atomic E-state index is 2.37. The third-order valence-electron chi connectivity index (χ3n) is 2.95. The Hall–Kier alpha value is -1.04. The van der Waals surface area contributed by atoms with Crippen molar-refractivity contribution in [3.8, 4) is 0 Å². The molecule has 1 heteroatoms. The summed E-state index contributed by atoms with van der Waals surface area (Å²) in [6.45, 7) is 4.56. The molecule has 18 heavy (non-hydrogen) atoms. The van der Waals surface area contributed by atoms with Gasteiger partial charge in [-0.25, -0.2) is 0 Å². The van der Waals surface area contributed by atoms with Crippen molar-refractivity contribution < 1.29 is 0 Å². The van der Waals surface area contributed by atoms with Crippen molar-refractivity contribution in [2.24, 2.45) is 5.92 Å². The van der Waals surface area contributed by atoms with Crippen molar-refractivity contribution >= 4 is 30.2 Å². The Balaban J connectivity index is 2.03. The molecule has 0 aromatic heterocycles. The topological polar surface area (TPSA) is 0 Å². The van der Waals surface area contributed by atoms with Crippen LogP contribution in [0.25, 0.3) is 10.8 Å². The normalized spacial score (nSPS) is 11.7. The monoisotopic (exact) mass is 304 g/mol. The Kier molecular flexibility index (Phi) is 5.04. The quantitative estimate of drug-likeness (QED) is 0.729. The summed E-state index contributed by atoms with van der Waals surface area (Å²) in [7, 11) is 0. The molecule has 2 aromatic rings. The second-order valence-corrected chi connectivity index (χ2v) is 6.93. The first-order valence-corrected chi connectivity index (χ1v) is 8.41. The molecule has 2 aromatic carbocycles. The van der Waals surface area contributed by atoms with E-state index in [1.54, 1.807) is 0 Å². The van der Waals surface area contributed by atoms with Gasteiger partial charge in [0.15, 0.2) is 0 Å². The minimum atomic E-state index is 0.456. The van der Waals surface area contributed by atoms with Crippen molar-refractivity contribution in [1.82, 2.24) is 0 Å². The molecule has 0 N–H and O–H groups in total. The van der Waals surface area contributed by atoms with Crippen LogP contribution in [0.3, 0.4) is 0 Å². The molecule has 0 saturated carbocycles. The van der Waals surface area contributed by atoms with Gasteiger partial charge in [0.25, 0.3) is 0 Å². The molecule has 2 rings (SSSR count). The van der Waals surface area contributed by atoms with E-state index in [1.165, 1.54) is 28.1 Å². The molecule has 0 fully saturated rings. The third kappa shape index (κ3) is 3.73. The van der Waals surface area contributed by atoms with Gasteiger partial charge >= 0.3 is 116 Å². The predicted molar refractivity (Wildman–Crippen MR) is 82.5 cm³/mol. The zero-order valence-electron chi connectivity index (χ0n) is 11.1. The van der Waals surface area contributed by atoms with Crippen LogP contribution in [0.4, 0.5) is 0 Å². The van der Waals surface area contributed by atoms with Crippen LogP contribution in [-0.4, -0.2) is 15.0 Å². The summed E-state index contributed by atoms with van der Waals surface area (Å²) >= 11 is 0.456. The van der Waals surface area contributed by atoms with Gasteiger partial charge in [0.1, 0.15) is 0 Å². The standard InChI is InChI=1S/C17H20Se/c1-14(2)8-5-6-13-18-17-12-7-10-15-9-3-4-11-16(15)17/h3-4,6-7,9-14H,5,8H2,1-2H3/b13-6+. The number of hydrogen-bond acceptors (Lipinski definition) is 0. The van der Waals surface area contributed by atoms with E-state index in [4.69, 9.17) is 0 Å². The van der Waals surface area contributed by atoms with E-state index >= 15 is 0 Å². The SMILES string of the molecule is CC(C)CC/C=C/[Se]c1cccc2ccccc12. The summed E-state index contributed by atoms with van der Waals surface area (Å²) in [5, 5.41) is 2.76. The van der Waals surface area contributed by atoms with Gasteiger partial charge in [0.2, 0.25) is 0 Å². The summed E-state index contributed by atoms with van der Waals surface area (Å²) in [6, 6.07) is 15.3. The first-order valence-electron chi connectivity index (χ1n) is 6.57. The Morgan fingerprint density at radius 2 is 1.83 bits per heavy atom. The molecular formula is C17H20Se. The van der Waals surface area contributed by atoms with Gasteiger partial charge in [-0.1, -0.05) is 0 Å². The van der Waals surface area contributed by atoms with Gasteiger partial charge in [-0.05, 0) is 0 Å². The summed E-state index contributed by atoms with van der Waals surface area (Å²) < 4.78 is 1.49. The summed E-state index contributed by atoms with van der Waals surface area (Å²) in [5.41, 5.74) is 0. The van der Waals surface area contributed by atoms with Crippen molar-refractivity contribution in [2.45, 2.75) is 26.7 Å². The Morgan fingerprint density at radius 1 is 1.06 bits per heavy atom. The summed E-state index contributed by atoms with van der Waals surface area (Å²) in [6.07, 6.45) is 4.86. The van der Waals surface area contributed by atoms with Gasteiger partial charge in [-0.15, -0.1) is 0 Å². The van der Waals surface area contributed by atoms with Crippen molar-refractivity contribution in [2.75, 3.05) is 0 Å². The average molecular weight is 303 g/mol. The predicted octanol–water partition coefficient (Wildman–Crippen LogP) is 4.12. The van der Waals surface area contributed by atoms with Crippen molar-refractivity contribution in [3.63, 3.8) is 0 Å². The molecule has 0 heterocycles. The van der Waals surface area contributed by atoms with E-state index in [1.807, 2.05) is 0 Å². The molecule has 0 spiro atoms. The van der Waals surface area contributed by atoms with Gasteiger partial charge < -0.3 is 0 Å². The van der Waals surface area contributed by atoms with Crippen molar-refractivity contribution in [1.29, 1.82) is 0 Å². The van der Waals surface area contributed by atoms with Gasteiger partial charge in [-0.2, -0.15) is 0 Å². The molecule has 0 atom stereocenters. The molecule has 0 unspecified atom stereocenters. The van der Waals surface area contributed by atoms with Crippen LogP contribution < -0.4 is 4.46 Å². The van der Waals surface area contributed by atoms with E-state index in [0.29, 0.717) is 15.0 Å². The van der Waals surface area contributed by atoms with E-state index in [-0.39, 0.29) is 0 Å². The van der Waals surface area contributed by atoms with Crippen LogP contribution in [0, 0.1) is 5.92 Å². The Bertz CT molecular complexity index is 521. The molecule has 0 aliphatic carbocycles. The van der Waals surface area contributed by atoms with Crippen LogP contribution in [0.1, 0.15) is 26.7 Å². The summed E-state index contributed by atoms with van der Waals surface area (Å²) in [5.74, 6) is 0.805. The fourth-order valence-corrected chi connectivity index (χ4v) is 3.70. The van der Waals surface area contributed by atoms with Crippen LogP contribution in [0.2, 0.25) is 0 Å². The molecular weight excluding hydrogens is 283 g/mol. The second kappa shape index (κ2) is 6.78. The molecule has 0 aliphatic heterocycles. The Morgan fingerprint density at radius 3 is 2.67 bits per heavy atom. The van der Waals surface area contributed by atoms with Crippen molar-refractivity contribution in [3.05, 3.63) is 53.5 Å². The van der Waals surface area contributed by atoms with E-state index in [9.17, 15) is 0 Å². The first kappa shape index (κ1) is 13.4. The molecule has 0 aliphatic rings. The second-order valence-electron chi connectivity index (χ2n) is 4.94. The van der Waals surface area contributed by atoms with Crippen LogP contribution in [0.15, 0.2) is 53.5 Å². The van der Waals surface area contributed by atoms with Gasteiger partial charge in [-0.3, -0.25) is 0 Å². The number of fused-ring (bicyclic) bond motifs is 1. The fourth-order valence-electron chi connectivity index (χ4n) is 1.92. The number of allylic oxidation sites excluding steroid dienone is 1. The van der Waals surface area contributed by atoms with E-state index in [2.05, 4.69) is 67.4 Å². The average Bonchev–Trinajstić information content (AvgIpc) is 2.38. The number of benzene rings is 2. The molecule has 0 amide bonds. The minimum absolute atomic E-state index is 0.456. The van der Waals surface area contributed by atoms with Crippen LogP contribution >= 0.6 is 0 Å². The molecule has 0 nitrogen and oxygen atoms in total. The maximum absolute atomic E-state index is 2.37. The third-order valence-corrected chi connectivity index (χ3v) is 4.92. The Labute approximate surface area is 116 Å². The molecule has 0 radical (unpaired) electrons. The molecule has 0 saturated heterocycles. The molecule has 0 bridgehead atoms. The van der Waals surface area contributed by atoms with Crippen LogP contribution in [0.5, 0.6) is 0 Å². The number of hydrogen-bond donors (Lipinski definition) is 0. The number of rotatable bonds is 5. The fraction of sp³-hybridized carbons (Fsp3) is 0.294. The van der Waals surface area contributed by atoms with E-state index < -0.39 is 0 Å². The first-order chi connectivity index (χ1) is 8.77. The molecule has 94 valence electrons. The summed E-state index contributed by atoms with van der Waals surface area (Å²) in [4.78, 5) is 2.37. The van der Waals surface area contributed by atoms with E-state index in [0.717, 1.165) is 5.92 Å². The van der Waals surface area contributed by atoms with Gasteiger partial charge in [0, 0.05) is 0 Å².